The Balaban J connectivity index is 1.81. The molecule has 0 unspecified atom stereocenters. The van der Waals surface area contributed by atoms with E-state index in [-0.39, 0.29) is 5.91 Å². The molecule has 3 rings (SSSR count). The topological polar surface area (TPSA) is 46.4 Å². The fourth-order valence-electron chi connectivity index (χ4n) is 2.55. The molecule has 0 atom stereocenters. The van der Waals surface area contributed by atoms with Crippen LogP contribution in [0.3, 0.4) is 0 Å². The van der Waals surface area contributed by atoms with E-state index in [1.807, 2.05) is 30.5 Å². The van der Waals surface area contributed by atoms with Gasteiger partial charge >= 0.3 is 0 Å². The fourth-order valence-corrected chi connectivity index (χ4v) is 3.55. The maximum absolute atomic E-state index is 11.9. The first kappa shape index (κ1) is 16.7. The average Bonchev–Trinajstić information content (AvgIpc) is 3.16. The van der Waals surface area contributed by atoms with Gasteiger partial charge in [-0.3, -0.25) is 4.79 Å². The van der Waals surface area contributed by atoms with Crippen molar-refractivity contribution in [1.29, 1.82) is 0 Å². The minimum Gasteiger partial charge on any atom is -0.318 e. The molecule has 24 heavy (non-hydrogen) atoms. The van der Waals surface area contributed by atoms with Gasteiger partial charge in [-0.25, -0.2) is 5.43 Å². The van der Waals surface area contributed by atoms with Crippen LogP contribution in [0.25, 0.3) is 5.69 Å². The highest BCUT2D eigenvalue weighted by Crippen LogP contribution is 2.22. The van der Waals surface area contributed by atoms with Crippen LogP contribution in [0.5, 0.6) is 0 Å². The summed E-state index contributed by atoms with van der Waals surface area (Å²) in [6, 6.07) is 13.8. The van der Waals surface area contributed by atoms with Crippen LogP contribution in [0.1, 0.15) is 26.6 Å². The van der Waals surface area contributed by atoms with Gasteiger partial charge in [-0.1, -0.05) is 28.1 Å². The number of thiophene rings is 1. The molecule has 2 heterocycles. The standard InChI is InChI=1S/C18H16BrN3OS/c1-12-9-14(11-20-21-18(23)17-7-4-8-24-17)13(2)22(12)16-6-3-5-15(19)10-16/h3-11H,1-2H3,(H,21,23)/b20-11-. The van der Waals surface area contributed by atoms with E-state index in [1.54, 1.807) is 12.3 Å². The number of hydrazone groups is 1. The van der Waals surface area contributed by atoms with Gasteiger partial charge in [-0.05, 0) is 49.6 Å². The minimum atomic E-state index is -0.193. The predicted molar refractivity (Wildman–Crippen MR) is 102 cm³/mol. The van der Waals surface area contributed by atoms with Crippen LogP contribution in [0, 0.1) is 13.8 Å². The number of aryl methyl sites for hydroxylation is 1. The SMILES string of the molecule is Cc1cc(/C=N\NC(=O)c2cccs2)c(C)n1-c1cccc(Br)c1. The second-order valence-corrected chi connectivity index (χ2v) is 7.18. The molecule has 0 aliphatic carbocycles. The van der Waals surface area contributed by atoms with Gasteiger partial charge < -0.3 is 4.57 Å². The van der Waals surface area contributed by atoms with Gasteiger partial charge in [0.2, 0.25) is 0 Å². The van der Waals surface area contributed by atoms with Crippen molar-refractivity contribution in [2.24, 2.45) is 5.10 Å². The van der Waals surface area contributed by atoms with Crippen molar-refractivity contribution in [3.63, 3.8) is 0 Å². The van der Waals surface area contributed by atoms with Crippen LogP contribution in [0.15, 0.2) is 57.4 Å². The van der Waals surface area contributed by atoms with Gasteiger partial charge in [0.1, 0.15) is 0 Å². The lowest BCUT2D eigenvalue weighted by molar-refractivity contribution is 0.0959. The van der Waals surface area contributed by atoms with E-state index in [0.29, 0.717) is 4.88 Å². The summed E-state index contributed by atoms with van der Waals surface area (Å²) in [7, 11) is 0. The molecule has 0 saturated carbocycles. The molecule has 1 aromatic carbocycles. The third-order valence-corrected chi connectivity index (χ3v) is 5.01. The van der Waals surface area contributed by atoms with Crippen LogP contribution in [0.2, 0.25) is 0 Å². The molecule has 1 N–H and O–H groups in total. The number of carbonyl (C=O) groups excluding carboxylic acids is 1. The highest BCUT2D eigenvalue weighted by atomic mass is 79.9. The molecule has 6 heteroatoms. The lowest BCUT2D eigenvalue weighted by Crippen LogP contribution is -2.16. The van der Waals surface area contributed by atoms with E-state index >= 15 is 0 Å². The van der Waals surface area contributed by atoms with Gasteiger partial charge in [0.05, 0.1) is 11.1 Å². The Hall–Kier alpha value is -2.18. The minimum absolute atomic E-state index is 0.193. The summed E-state index contributed by atoms with van der Waals surface area (Å²) in [5, 5.41) is 5.95. The molecule has 1 amide bonds. The number of benzene rings is 1. The summed E-state index contributed by atoms with van der Waals surface area (Å²) in [6.45, 7) is 4.09. The van der Waals surface area contributed by atoms with Crippen LogP contribution < -0.4 is 5.43 Å². The van der Waals surface area contributed by atoms with Gasteiger partial charge in [0.15, 0.2) is 0 Å². The number of rotatable bonds is 4. The normalized spacial score (nSPS) is 11.1. The molecular weight excluding hydrogens is 386 g/mol. The number of nitrogens with zero attached hydrogens (tertiary/aromatic N) is 2. The monoisotopic (exact) mass is 401 g/mol. The van der Waals surface area contributed by atoms with E-state index in [4.69, 9.17) is 0 Å². The third kappa shape index (κ3) is 3.49. The molecule has 122 valence electrons. The molecule has 3 aromatic rings. The van der Waals surface area contributed by atoms with E-state index in [0.717, 1.165) is 27.1 Å². The molecular formula is C18H16BrN3OS. The van der Waals surface area contributed by atoms with E-state index in [1.165, 1.54) is 11.3 Å². The maximum Gasteiger partial charge on any atom is 0.281 e. The zero-order chi connectivity index (χ0) is 17.1. The van der Waals surface area contributed by atoms with Crippen LogP contribution in [0.4, 0.5) is 0 Å². The number of hydrogen-bond acceptors (Lipinski definition) is 3. The second-order valence-electron chi connectivity index (χ2n) is 5.32. The molecule has 0 aliphatic heterocycles. The molecule has 2 aromatic heterocycles. The van der Waals surface area contributed by atoms with E-state index in [9.17, 15) is 4.79 Å². The highest BCUT2D eigenvalue weighted by molar-refractivity contribution is 9.10. The number of amides is 1. The predicted octanol–water partition coefficient (Wildman–Crippen LogP) is 4.68. The smallest absolute Gasteiger partial charge is 0.281 e. The summed E-state index contributed by atoms with van der Waals surface area (Å²) in [5.74, 6) is -0.193. The third-order valence-electron chi connectivity index (χ3n) is 3.65. The fraction of sp³-hybridized carbons (Fsp3) is 0.111. The van der Waals surface area contributed by atoms with Crippen LogP contribution in [-0.2, 0) is 0 Å². The van der Waals surface area contributed by atoms with Crippen molar-refractivity contribution < 1.29 is 4.79 Å². The van der Waals surface area contributed by atoms with Gasteiger partial charge in [-0.15, -0.1) is 11.3 Å². The summed E-state index contributed by atoms with van der Waals surface area (Å²) in [5.41, 5.74) is 6.80. The molecule has 0 fully saturated rings. The molecule has 0 radical (unpaired) electrons. The quantitative estimate of drug-likeness (QED) is 0.500. The number of hydrogen-bond donors (Lipinski definition) is 1. The second kappa shape index (κ2) is 7.15. The summed E-state index contributed by atoms with van der Waals surface area (Å²) >= 11 is 4.90. The first-order valence-corrected chi connectivity index (χ1v) is 9.05. The Bertz CT molecular complexity index is 897. The first-order chi connectivity index (χ1) is 11.6. The van der Waals surface area contributed by atoms with Crippen molar-refractivity contribution >= 4 is 39.4 Å². The molecule has 0 saturated heterocycles. The van der Waals surface area contributed by atoms with Crippen LogP contribution in [-0.4, -0.2) is 16.7 Å². The Morgan fingerprint density at radius 3 is 2.79 bits per heavy atom. The number of aromatic nitrogens is 1. The lowest BCUT2D eigenvalue weighted by atomic mass is 10.2. The van der Waals surface area contributed by atoms with Gasteiger partial charge in [-0.2, -0.15) is 5.10 Å². The molecule has 0 aliphatic rings. The zero-order valence-corrected chi connectivity index (χ0v) is 15.7. The first-order valence-electron chi connectivity index (χ1n) is 7.38. The van der Waals surface area contributed by atoms with E-state index in [2.05, 4.69) is 56.1 Å². The highest BCUT2D eigenvalue weighted by Gasteiger charge is 2.10. The molecule has 0 bridgehead atoms. The average molecular weight is 402 g/mol. The molecule has 4 nitrogen and oxygen atoms in total. The lowest BCUT2D eigenvalue weighted by Gasteiger charge is -2.09. The van der Waals surface area contributed by atoms with Crippen LogP contribution >= 0.6 is 27.3 Å². The largest absolute Gasteiger partial charge is 0.318 e. The van der Waals surface area contributed by atoms with Crippen molar-refractivity contribution in [3.05, 3.63) is 74.1 Å². The Kier molecular flexibility index (Phi) is 4.97. The molecule has 0 spiro atoms. The number of carbonyl (C=O) groups is 1. The summed E-state index contributed by atoms with van der Waals surface area (Å²) < 4.78 is 3.19. The summed E-state index contributed by atoms with van der Waals surface area (Å²) in [4.78, 5) is 12.5. The van der Waals surface area contributed by atoms with Gasteiger partial charge in [0.25, 0.3) is 5.91 Å². The Labute approximate surface area is 153 Å². The summed E-state index contributed by atoms with van der Waals surface area (Å²) in [6.07, 6.45) is 1.68. The number of halogens is 1. The van der Waals surface area contributed by atoms with Crippen molar-refractivity contribution in [2.75, 3.05) is 0 Å². The van der Waals surface area contributed by atoms with Gasteiger partial charge in [0, 0.05) is 27.1 Å². The van der Waals surface area contributed by atoms with Crippen molar-refractivity contribution in [2.45, 2.75) is 13.8 Å². The van der Waals surface area contributed by atoms with E-state index < -0.39 is 0 Å². The Morgan fingerprint density at radius 1 is 1.25 bits per heavy atom. The van der Waals surface area contributed by atoms with Crippen molar-refractivity contribution in [3.8, 4) is 5.69 Å². The Morgan fingerprint density at radius 2 is 2.08 bits per heavy atom. The number of nitrogens with one attached hydrogen (secondary N) is 1. The maximum atomic E-state index is 11.9. The van der Waals surface area contributed by atoms with Crippen molar-refractivity contribution in [1.82, 2.24) is 9.99 Å². The zero-order valence-electron chi connectivity index (χ0n) is 13.3.